The van der Waals surface area contributed by atoms with Crippen LogP contribution in [0, 0.1) is 5.82 Å². The quantitative estimate of drug-likeness (QED) is 0.677. The standard InChI is InChI=1S/C11H9ClFNO2S/c12-3-4-16-8-2-1-7(13)10-9(8)6(5-17)11(15)14-10/h1-2,5-6H,3-4H2,(H,14,15). The first kappa shape index (κ1) is 12.3. The van der Waals surface area contributed by atoms with Crippen molar-refractivity contribution in [1.29, 1.82) is 0 Å². The molecular weight excluding hydrogens is 265 g/mol. The number of halogens is 2. The van der Waals surface area contributed by atoms with E-state index in [-0.39, 0.29) is 18.2 Å². The number of nitrogens with one attached hydrogen (secondary N) is 1. The van der Waals surface area contributed by atoms with Crippen molar-refractivity contribution in [2.75, 3.05) is 17.8 Å². The molecule has 1 amide bonds. The molecule has 0 fully saturated rings. The molecule has 0 saturated heterocycles. The molecule has 1 N–H and O–H groups in total. The third kappa shape index (κ3) is 2.12. The fourth-order valence-electron chi connectivity index (χ4n) is 1.75. The van der Waals surface area contributed by atoms with E-state index in [9.17, 15) is 9.18 Å². The average Bonchev–Trinajstić information content (AvgIpc) is 2.66. The highest BCUT2D eigenvalue weighted by Gasteiger charge is 2.34. The molecule has 0 saturated carbocycles. The number of alkyl halides is 1. The van der Waals surface area contributed by atoms with Crippen molar-refractivity contribution in [3.05, 3.63) is 23.5 Å². The van der Waals surface area contributed by atoms with Gasteiger partial charge in [-0.3, -0.25) is 4.79 Å². The second kappa shape index (κ2) is 4.98. The van der Waals surface area contributed by atoms with Crippen molar-refractivity contribution < 1.29 is 13.9 Å². The monoisotopic (exact) mass is 273 g/mol. The van der Waals surface area contributed by atoms with Crippen LogP contribution in [0.25, 0.3) is 0 Å². The van der Waals surface area contributed by atoms with E-state index in [1.165, 1.54) is 17.5 Å². The second-order valence-electron chi connectivity index (χ2n) is 3.47. The Hall–Kier alpha value is -1.20. The molecule has 3 nitrogen and oxygen atoms in total. The predicted molar refractivity (Wildman–Crippen MR) is 67.6 cm³/mol. The lowest BCUT2D eigenvalue weighted by Gasteiger charge is -2.11. The van der Waals surface area contributed by atoms with Crippen molar-refractivity contribution in [2.45, 2.75) is 5.92 Å². The molecule has 1 aromatic rings. The minimum atomic E-state index is -0.652. The van der Waals surface area contributed by atoms with Gasteiger partial charge in [-0.2, -0.15) is 0 Å². The predicted octanol–water partition coefficient (Wildman–Crippen LogP) is 2.48. The van der Waals surface area contributed by atoms with Crippen LogP contribution in [0.2, 0.25) is 0 Å². The Kier molecular flexibility index (Phi) is 3.59. The van der Waals surface area contributed by atoms with E-state index >= 15 is 0 Å². The fourth-order valence-corrected chi connectivity index (χ4v) is 2.08. The summed E-state index contributed by atoms with van der Waals surface area (Å²) in [5.41, 5.74) is 0.600. The van der Waals surface area contributed by atoms with Crippen LogP contribution in [0.1, 0.15) is 11.5 Å². The largest absolute Gasteiger partial charge is 0.492 e. The summed E-state index contributed by atoms with van der Waals surface area (Å²) < 4.78 is 18.9. The van der Waals surface area contributed by atoms with Crippen LogP contribution in [-0.2, 0) is 4.79 Å². The number of hydrogen-bond acceptors (Lipinski definition) is 3. The van der Waals surface area contributed by atoms with E-state index in [1.807, 2.05) is 0 Å². The molecule has 1 aromatic carbocycles. The first-order chi connectivity index (χ1) is 8.19. The molecule has 0 radical (unpaired) electrons. The minimum absolute atomic E-state index is 0.146. The lowest BCUT2D eigenvalue weighted by molar-refractivity contribution is -0.115. The number of fused-ring (bicyclic) bond motifs is 1. The van der Waals surface area contributed by atoms with E-state index < -0.39 is 11.7 Å². The SMILES string of the molecule is O=C1Nc2c(F)ccc(OCCCl)c2C1C=S. The van der Waals surface area contributed by atoms with Crippen LogP contribution in [0.15, 0.2) is 12.1 Å². The summed E-state index contributed by atoms with van der Waals surface area (Å²) in [7, 11) is 0. The molecule has 1 aliphatic rings. The van der Waals surface area contributed by atoms with Gasteiger partial charge in [-0.15, -0.1) is 11.6 Å². The van der Waals surface area contributed by atoms with Gasteiger partial charge in [0.05, 0.1) is 17.5 Å². The smallest absolute Gasteiger partial charge is 0.236 e. The molecular formula is C11H9ClFNO2S. The Morgan fingerprint density at radius 2 is 2.35 bits per heavy atom. The molecule has 0 aliphatic carbocycles. The third-order valence-corrected chi connectivity index (χ3v) is 2.89. The Labute approximate surface area is 108 Å². The van der Waals surface area contributed by atoms with Crippen molar-refractivity contribution >= 4 is 40.8 Å². The Balaban J connectivity index is 2.47. The molecule has 1 aliphatic heterocycles. The number of hydrogen-bond donors (Lipinski definition) is 1. The summed E-state index contributed by atoms with van der Waals surface area (Å²) in [6.45, 7) is 0.290. The maximum absolute atomic E-state index is 13.5. The van der Waals surface area contributed by atoms with Gasteiger partial charge in [0.1, 0.15) is 18.2 Å². The highest BCUT2D eigenvalue weighted by Crippen LogP contribution is 2.40. The maximum Gasteiger partial charge on any atom is 0.236 e. The first-order valence-corrected chi connectivity index (χ1v) is 5.97. The Morgan fingerprint density at radius 1 is 1.59 bits per heavy atom. The highest BCUT2D eigenvalue weighted by molar-refractivity contribution is 7.79. The summed E-state index contributed by atoms with van der Waals surface area (Å²) in [6, 6.07) is 2.72. The van der Waals surface area contributed by atoms with Crippen LogP contribution >= 0.6 is 23.8 Å². The van der Waals surface area contributed by atoms with Gasteiger partial charge < -0.3 is 10.1 Å². The molecule has 0 spiro atoms. The van der Waals surface area contributed by atoms with Gasteiger partial charge >= 0.3 is 0 Å². The van der Waals surface area contributed by atoms with Crippen molar-refractivity contribution in [1.82, 2.24) is 0 Å². The Morgan fingerprint density at radius 3 is 3.00 bits per heavy atom. The molecule has 90 valence electrons. The van der Waals surface area contributed by atoms with Gasteiger partial charge in [0, 0.05) is 5.56 Å². The third-order valence-electron chi connectivity index (χ3n) is 2.47. The lowest BCUT2D eigenvalue weighted by atomic mass is 10.0. The number of carbonyl (C=O) groups excluding carboxylic acids is 1. The van der Waals surface area contributed by atoms with Gasteiger partial charge in [-0.25, -0.2) is 4.39 Å². The van der Waals surface area contributed by atoms with Gasteiger partial charge in [-0.05, 0) is 17.5 Å². The molecule has 0 bridgehead atoms. The van der Waals surface area contributed by atoms with Crippen LogP contribution in [0.5, 0.6) is 5.75 Å². The number of rotatable bonds is 4. The fraction of sp³-hybridized carbons (Fsp3) is 0.273. The summed E-state index contributed by atoms with van der Waals surface area (Å²) in [4.78, 5) is 11.6. The van der Waals surface area contributed by atoms with E-state index in [2.05, 4.69) is 5.32 Å². The van der Waals surface area contributed by atoms with Gasteiger partial charge in [0.25, 0.3) is 0 Å². The first-order valence-electron chi connectivity index (χ1n) is 4.96. The van der Waals surface area contributed by atoms with Crippen molar-refractivity contribution in [3.63, 3.8) is 0 Å². The summed E-state index contributed by atoms with van der Waals surface area (Å²) in [5.74, 6) is -0.732. The van der Waals surface area contributed by atoms with E-state index in [0.717, 1.165) is 0 Å². The zero-order valence-electron chi connectivity index (χ0n) is 8.70. The molecule has 17 heavy (non-hydrogen) atoms. The van der Waals surface area contributed by atoms with E-state index in [0.29, 0.717) is 17.2 Å². The van der Waals surface area contributed by atoms with Crippen molar-refractivity contribution in [3.8, 4) is 5.75 Å². The average molecular weight is 274 g/mol. The Bertz CT molecular complexity index is 481. The summed E-state index contributed by atoms with van der Waals surface area (Å²) in [5, 5.41) is 3.76. The summed E-state index contributed by atoms with van der Waals surface area (Å²) >= 11 is 10.3. The zero-order valence-corrected chi connectivity index (χ0v) is 10.3. The van der Waals surface area contributed by atoms with E-state index in [4.69, 9.17) is 28.6 Å². The highest BCUT2D eigenvalue weighted by atomic mass is 35.5. The number of carbonyl (C=O) groups is 1. The molecule has 1 atom stereocenters. The lowest BCUT2D eigenvalue weighted by Crippen LogP contribution is -2.12. The van der Waals surface area contributed by atoms with Crippen molar-refractivity contribution in [2.24, 2.45) is 0 Å². The van der Waals surface area contributed by atoms with Crippen LogP contribution in [-0.4, -0.2) is 23.8 Å². The van der Waals surface area contributed by atoms with E-state index in [1.54, 1.807) is 0 Å². The van der Waals surface area contributed by atoms with Gasteiger partial charge in [0.2, 0.25) is 5.91 Å². The number of ether oxygens (including phenoxy) is 1. The number of anilines is 1. The maximum atomic E-state index is 13.5. The van der Waals surface area contributed by atoms with Crippen LogP contribution in [0.4, 0.5) is 10.1 Å². The topological polar surface area (TPSA) is 38.3 Å². The molecule has 6 heteroatoms. The normalized spacial score (nSPS) is 17.5. The molecule has 1 unspecified atom stereocenters. The molecule has 2 rings (SSSR count). The molecule has 1 heterocycles. The van der Waals surface area contributed by atoms with Gasteiger partial charge in [0.15, 0.2) is 0 Å². The number of thiocarbonyl (C=S) groups is 1. The number of amides is 1. The minimum Gasteiger partial charge on any atom is -0.492 e. The van der Waals surface area contributed by atoms with Gasteiger partial charge in [-0.1, -0.05) is 12.2 Å². The van der Waals surface area contributed by atoms with Crippen LogP contribution < -0.4 is 10.1 Å². The molecule has 0 aromatic heterocycles. The number of benzene rings is 1. The zero-order chi connectivity index (χ0) is 12.4. The second-order valence-corrected chi connectivity index (χ2v) is 4.12. The summed E-state index contributed by atoms with van der Waals surface area (Å²) in [6.07, 6.45) is 0. The van der Waals surface area contributed by atoms with Crippen LogP contribution in [0.3, 0.4) is 0 Å².